The van der Waals surface area contributed by atoms with Crippen LogP contribution >= 0.6 is 0 Å². The van der Waals surface area contributed by atoms with E-state index in [4.69, 9.17) is 5.11 Å². The van der Waals surface area contributed by atoms with Crippen LogP contribution in [0.4, 0.5) is 0 Å². The van der Waals surface area contributed by atoms with Crippen molar-refractivity contribution in [2.24, 2.45) is 5.92 Å². The van der Waals surface area contributed by atoms with Gasteiger partial charge in [0.2, 0.25) is 0 Å². The molecule has 3 nitrogen and oxygen atoms in total. The number of carboxylic acid groups (broad SMARTS) is 1. The van der Waals surface area contributed by atoms with E-state index in [1.807, 2.05) is 25.8 Å². The van der Waals surface area contributed by atoms with Crippen LogP contribution in [0, 0.1) is 5.92 Å². The Morgan fingerprint density at radius 1 is 1.36 bits per heavy atom. The second-order valence-corrected chi connectivity index (χ2v) is 4.33. The molecule has 0 aliphatic rings. The molecule has 1 N–H and O–H groups in total. The minimum Gasteiger partial charge on any atom is -0.480 e. The highest BCUT2D eigenvalue weighted by Gasteiger charge is 2.28. The van der Waals surface area contributed by atoms with Crippen LogP contribution in [0.1, 0.15) is 40.5 Å². The number of hydrogen-bond acceptors (Lipinski definition) is 2. The van der Waals surface area contributed by atoms with Crippen molar-refractivity contribution in [3.8, 4) is 0 Å². The molecule has 0 bridgehead atoms. The first-order chi connectivity index (χ1) is 6.41. The van der Waals surface area contributed by atoms with Crippen LogP contribution < -0.4 is 0 Å². The zero-order valence-electron chi connectivity index (χ0n) is 9.95. The SMILES string of the molecule is CCCC(C)N(C)C(C(=O)O)C(C)C. The third-order valence-electron chi connectivity index (χ3n) is 2.72. The summed E-state index contributed by atoms with van der Waals surface area (Å²) >= 11 is 0. The highest BCUT2D eigenvalue weighted by Crippen LogP contribution is 2.15. The summed E-state index contributed by atoms with van der Waals surface area (Å²) in [7, 11) is 1.90. The molecule has 0 amide bonds. The molecule has 0 aromatic heterocycles. The minimum atomic E-state index is -0.717. The van der Waals surface area contributed by atoms with Crippen LogP contribution in [0.3, 0.4) is 0 Å². The molecule has 0 spiro atoms. The zero-order valence-corrected chi connectivity index (χ0v) is 9.95. The summed E-state index contributed by atoms with van der Waals surface area (Å²) in [6.07, 6.45) is 2.14. The monoisotopic (exact) mass is 201 g/mol. The van der Waals surface area contributed by atoms with Crippen molar-refractivity contribution >= 4 is 5.97 Å². The van der Waals surface area contributed by atoms with Gasteiger partial charge < -0.3 is 5.11 Å². The van der Waals surface area contributed by atoms with Gasteiger partial charge >= 0.3 is 5.97 Å². The average Bonchev–Trinajstić information content (AvgIpc) is 2.03. The summed E-state index contributed by atoms with van der Waals surface area (Å²) in [6, 6.07) is -0.0277. The largest absolute Gasteiger partial charge is 0.480 e. The van der Waals surface area contributed by atoms with Gasteiger partial charge in [-0.1, -0.05) is 27.2 Å². The van der Waals surface area contributed by atoms with Gasteiger partial charge in [-0.25, -0.2) is 0 Å². The average molecular weight is 201 g/mol. The number of hydrogen-bond donors (Lipinski definition) is 1. The highest BCUT2D eigenvalue weighted by molar-refractivity contribution is 5.73. The van der Waals surface area contributed by atoms with Gasteiger partial charge in [0.05, 0.1) is 0 Å². The van der Waals surface area contributed by atoms with Crippen molar-refractivity contribution in [1.82, 2.24) is 4.90 Å². The van der Waals surface area contributed by atoms with Gasteiger partial charge in [-0.15, -0.1) is 0 Å². The highest BCUT2D eigenvalue weighted by atomic mass is 16.4. The van der Waals surface area contributed by atoms with Crippen LogP contribution in [0.15, 0.2) is 0 Å². The van der Waals surface area contributed by atoms with E-state index in [9.17, 15) is 4.79 Å². The first kappa shape index (κ1) is 13.4. The third kappa shape index (κ3) is 3.66. The lowest BCUT2D eigenvalue weighted by Gasteiger charge is -2.32. The van der Waals surface area contributed by atoms with Crippen molar-refractivity contribution in [3.05, 3.63) is 0 Å². The molecule has 0 aliphatic carbocycles. The maximum Gasteiger partial charge on any atom is 0.321 e. The minimum absolute atomic E-state index is 0.150. The van der Waals surface area contributed by atoms with Crippen LogP contribution in [0.5, 0.6) is 0 Å². The van der Waals surface area contributed by atoms with Gasteiger partial charge in [-0.3, -0.25) is 9.69 Å². The van der Waals surface area contributed by atoms with Crippen molar-refractivity contribution in [1.29, 1.82) is 0 Å². The standard InChI is InChI=1S/C11H23NO2/c1-6-7-9(4)12(5)10(8(2)3)11(13)14/h8-10H,6-7H2,1-5H3,(H,13,14). The lowest BCUT2D eigenvalue weighted by Crippen LogP contribution is -2.46. The topological polar surface area (TPSA) is 40.5 Å². The maximum absolute atomic E-state index is 11.0. The molecule has 84 valence electrons. The lowest BCUT2D eigenvalue weighted by molar-refractivity contribution is -0.145. The van der Waals surface area contributed by atoms with Crippen molar-refractivity contribution in [2.75, 3.05) is 7.05 Å². The summed E-state index contributed by atoms with van der Waals surface area (Å²) in [6.45, 7) is 8.11. The van der Waals surface area contributed by atoms with Gasteiger partial charge in [0.1, 0.15) is 6.04 Å². The van der Waals surface area contributed by atoms with E-state index in [-0.39, 0.29) is 12.0 Å². The summed E-state index contributed by atoms with van der Waals surface area (Å²) in [4.78, 5) is 13.0. The molecule has 2 unspecified atom stereocenters. The van der Waals surface area contributed by atoms with Crippen molar-refractivity contribution < 1.29 is 9.90 Å². The van der Waals surface area contributed by atoms with E-state index in [2.05, 4.69) is 13.8 Å². The maximum atomic E-state index is 11.0. The molecule has 3 heteroatoms. The summed E-state index contributed by atoms with van der Waals surface area (Å²) in [5.41, 5.74) is 0. The molecule has 0 saturated carbocycles. The summed E-state index contributed by atoms with van der Waals surface area (Å²) in [5, 5.41) is 9.09. The predicted molar refractivity (Wildman–Crippen MR) is 58.4 cm³/mol. The molecular weight excluding hydrogens is 178 g/mol. The Balaban J connectivity index is 4.42. The fourth-order valence-corrected chi connectivity index (χ4v) is 1.83. The van der Waals surface area contributed by atoms with E-state index < -0.39 is 5.97 Å². The first-order valence-corrected chi connectivity index (χ1v) is 5.36. The van der Waals surface area contributed by atoms with Gasteiger partial charge in [0.15, 0.2) is 0 Å². The molecular formula is C11H23NO2. The molecule has 0 aromatic rings. The molecule has 0 aliphatic heterocycles. The fraction of sp³-hybridized carbons (Fsp3) is 0.909. The Bertz CT molecular complexity index is 180. The van der Waals surface area contributed by atoms with Crippen LogP contribution in [-0.4, -0.2) is 35.1 Å². The number of nitrogens with zero attached hydrogens (tertiary/aromatic N) is 1. The van der Waals surface area contributed by atoms with Gasteiger partial charge in [0, 0.05) is 6.04 Å². The normalized spacial score (nSPS) is 15.9. The Labute approximate surface area is 87.1 Å². The quantitative estimate of drug-likeness (QED) is 0.716. The Morgan fingerprint density at radius 3 is 2.14 bits per heavy atom. The molecule has 0 fully saturated rings. The van der Waals surface area contributed by atoms with Crippen molar-refractivity contribution in [2.45, 2.75) is 52.6 Å². The molecule has 2 atom stereocenters. The van der Waals surface area contributed by atoms with Crippen LogP contribution in [0.2, 0.25) is 0 Å². The Hall–Kier alpha value is -0.570. The summed E-state index contributed by atoms with van der Waals surface area (Å²) in [5.74, 6) is -0.567. The summed E-state index contributed by atoms with van der Waals surface area (Å²) < 4.78 is 0. The van der Waals surface area contributed by atoms with Gasteiger partial charge in [0.25, 0.3) is 0 Å². The van der Waals surface area contributed by atoms with E-state index in [0.717, 1.165) is 12.8 Å². The van der Waals surface area contributed by atoms with E-state index in [0.29, 0.717) is 6.04 Å². The molecule has 0 radical (unpaired) electrons. The smallest absolute Gasteiger partial charge is 0.321 e. The first-order valence-electron chi connectivity index (χ1n) is 5.36. The second kappa shape index (κ2) is 6.02. The van der Waals surface area contributed by atoms with E-state index in [1.54, 1.807) is 0 Å². The molecule has 0 heterocycles. The van der Waals surface area contributed by atoms with E-state index in [1.165, 1.54) is 0 Å². The van der Waals surface area contributed by atoms with Gasteiger partial charge in [-0.05, 0) is 26.3 Å². The molecule has 0 aromatic carbocycles. The predicted octanol–water partition coefficient (Wildman–Crippen LogP) is 2.22. The fourth-order valence-electron chi connectivity index (χ4n) is 1.83. The zero-order chi connectivity index (χ0) is 11.3. The van der Waals surface area contributed by atoms with Crippen molar-refractivity contribution in [3.63, 3.8) is 0 Å². The third-order valence-corrected chi connectivity index (χ3v) is 2.72. The number of aliphatic carboxylic acids is 1. The number of rotatable bonds is 6. The molecule has 0 saturated heterocycles. The Kier molecular flexibility index (Phi) is 5.77. The Morgan fingerprint density at radius 2 is 1.86 bits per heavy atom. The van der Waals surface area contributed by atoms with E-state index >= 15 is 0 Å². The molecule has 14 heavy (non-hydrogen) atoms. The number of carboxylic acids is 1. The number of likely N-dealkylation sites (N-methyl/N-ethyl adjacent to an activating group) is 1. The van der Waals surface area contributed by atoms with Crippen LogP contribution in [0.25, 0.3) is 0 Å². The lowest BCUT2D eigenvalue weighted by atomic mass is 10.0. The number of carbonyl (C=O) groups is 1. The molecule has 0 rings (SSSR count). The van der Waals surface area contributed by atoms with Gasteiger partial charge in [-0.2, -0.15) is 0 Å². The van der Waals surface area contributed by atoms with Crippen LogP contribution in [-0.2, 0) is 4.79 Å². The second-order valence-electron chi connectivity index (χ2n) is 4.33.